The van der Waals surface area contributed by atoms with E-state index in [2.05, 4.69) is 6.07 Å². The van der Waals surface area contributed by atoms with Crippen molar-refractivity contribution in [3.63, 3.8) is 0 Å². The molecule has 3 rings (SSSR count). The smallest absolute Gasteiger partial charge is 0.237 e. The van der Waals surface area contributed by atoms with E-state index in [1.165, 1.54) is 16.9 Å². The number of thiophene rings is 1. The van der Waals surface area contributed by atoms with Crippen molar-refractivity contribution in [2.45, 2.75) is 25.7 Å². The Kier molecular flexibility index (Phi) is 2.13. The number of allylic oxidation sites excluding steroid dienone is 1. The first-order chi connectivity index (χ1) is 7.34. The van der Waals surface area contributed by atoms with Crippen molar-refractivity contribution < 1.29 is 9.53 Å². The minimum atomic E-state index is 0.0758. The third kappa shape index (κ3) is 1.51. The van der Waals surface area contributed by atoms with Crippen molar-refractivity contribution in [1.29, 1.82) is 0 Å². The minimum absolute atomic E-state index is 0.0758. The van der Waals surface area contributed by atoms with Gasteiger partial charge < -0.3 is 4.74 Å². The maximum absolute atomic E-state index is 12.0. The summed E-state index contributed by atoms with van der Waals surface area (Å²) in [6.45, 7) is 0.659. The molecule has 3 heteroatoms. The lowest BCUT2D eigenvalue weighted by molar-refractivity contribution is 0.0946. The molecule has 2 heterocycles. The zero-order chi connectivity index (χ0) is 10.3. The first kappa shape index (κ1) is 9.16. The Labute approximate surface area is 92.6 Å². The summed E-state index contributed by atoms with van der Waals surface area (Å²) in [4.78, 5) is 14.2. The van der Waals surface area contributed by atoms with Crippen molar-refractivity contribution in [2.75, 3.05) is 6.61 Å². The van der Waals surface area contributed by atoms with E-state index in [1.54, 1.807) is 11.3 Å². The molecule has 0 atom stereocenters. The summed E-state index contributed by atoms with van der Waals surface area (Å²) in [6.07, 6.45) is 6.29. The molecule has 0 aromatic carbocycles. The van der Waals surface area contributed by atoms with E-state index >= 15 is 0 Å². The summed E-state index contributed by atoms with van der Waals surface area (Å²) >= 11 is 1.65. The molecule has 0 radical (unpaired) electrons. The van der Waals surface area contributed by atoms with E-state index in [9.17, 15) is 4.79 Å². The van der Waals surface area contributed by atoms with Gasteiger partial charge in [-0.3, -0.25) is 4.79 Å². The van der Waals surface area contributed by atoms with Crippen LogP contribution in [0, 0.1) is 0 Å². The molecule has 2 nitrogen and oxygen atoms in total. The Morgan fingerprint density at radius 3 is 3.07 bits per heavy atom. The SMILES string of the molecule is O=C(C1=CCCO1)c1cc2c(s1)CCC2. The van der Waals surface area contributed by atoms with Gasteiger partial charge in [-0.2, -0.15) is 0 Å². The van der Waals surface area contributed by atoms with Crippen LogP contribution in [0.3, 0.4) is 0 Å². The van der Waals surface area contributed by atoms with Crippen molar-refractivity contribution >= 4 is 17.1 Å². The van der Waals surface area contributed by atoms with Crippen molar-refractivity contribution in [1.82, 2.24) is 0 Å². The van der Waals surface area contributed by atoms with Crippen LogP contribution in [0.25, 0.3) is 0 Å². The van der Waals surface area contributed by atoms with Crippen LogP contribution < -0.4 is 0 Å². The highest BCUT2D eigenvalue weighted by Gasteiger charge is 2.22. The highest BCUT2D eigenvalue weighted by Crippen LogP contribution is 2.32. The molecular formula is C12H12O2S. The maximum atomic E-state index is 12.0. The van der Waals surface area contributed by atoms with Crippen molar-refractivity contribution in [2.24, 2.45) is 0 Å². The second kappa shape index (κ2) is 3.49. The number of Topliss-reactive ketones (excluding diaryl/α,β-unsaturated/α-hetero) is 1. The Hall–Kier alpha value is -1.09. The molecule has 0 saturated carbocycles. The van der Waals surface area contributed by atoms with Gasteiger partial charge in [0.2, 0.25) is 5.78 Å². The molecule has 0 bridgehead atoms. The van der Waals surface area contributed by atoms with Crippen LogP contribution >= 0.6 is 11.3 Å². The Morgan fingerprint density at radius 2 is 2.33 bits per heavy atom. The van der Waals surface area contributed by atoms with E-state index in [1.807, 2.05) is 6.08 Å². The van der Waals surface area contributed by atoms with E-state index in [0.29, 0.717) is 12.4 Å². The van der Waals surface area contributed by atoms with Crippen molar-refractivity contribution in [3.05, 3.63) is 33.2 Å². The number of carbonyl (C=O) groups is 1. The van der Waals surface area contributed by atoms with E-state index in [-0.39, 0.29) is 5.78 Å². The van der Waals surface area contributed by atoms with E-state index < -0.39 is 0 Å². The number of ether oxygens (including phenoxy) is 1. The van der Waals surface area contributed by atoms with Gasteiger partial charge in [-0.05, 0) is 37.0 Å². The third-order valence-corrected chi connectivity index (χ3v) is 4.14. The van der Waals surface area contributed by atoms with Gasteiger partial charge >= 0.3 is 0 Å². The first-order valence-electron chi connectivity index (χ1n) is 5.34. The minimum Gasteiger partial charge on any atom is -0.489 e. The molecule has 1 aliphatic heterocycles. The Morgan fingerprint density at radius 1 is 1.40 bits per heavy atom. The summed E-state index contributed by atoms with van der Waals surface area (Å²) in [5.41, 5.74) is 1.38. The highest BCUT2D eigenvalue weighted by molar-refractivity contribution is 7.14. The summed E-state index contributed by atoms with van der Waals surface area (Å²) in [6, 6.07) is 2.05. The Bertz CT molecular complexity index is 421. The van der Waals surface area contributed by atoms with Gasteiger partial charge in [0.1, 0.15) is 0 Å². The normalized spacial score (nSPS) is 18.5. The lowest BCUT2D eigenvalue weighted by Crippen LogP contribution is -2.01. The molecule has 0 unspecified atom stereocenters. The molecular weight excluding hydrogens is 208 g/mol. The van der Waals surface area contributed by atoms with Gasteiger partial charge in [0.15, 0.2) is 5.76 Å². The number of hydrogen-bond donors (Lipinski definition) is 0. The summed E-state index contributed by atoms with van der Waals surface area (Å²) in [5, 5.41) is 0. The zero-order valence-electron chi connectivity index (χ0n) is 8.41. The fourth-order valence-electron chi connectivity index (χ4n) is 2.14. The number of fused-ring (bicyclic) bond motifs is 1. The highest BCUT2D eigenvalue weighted by atomic mass is 32.1. The molecule has 1 aliphatic carbocycles. The van der Waals surface area contributed by atoms with Gasteiger partial charge in [0, 0.05) is 11.3 Å². The van der Waals surface area contributed by atoms with E-state index in [4.69, 9.17) is 4.74 Å². The standard InChI is InChI=1S/C12H12O2S/c13-12(9-4-2-6-14-9)11-7-8-3-1-5-10(8)15-11/h4,7H,1-3,5-6H2. The molecule has 1 aromatic heterocycles. The third-order valence-electron chi connectivity index (χ3n) is 2.90. The van der Waals surface area contributed by atoms with Gasteiger partial charge in [-0.15, -0.1) is 11.3 Å². The van der Waals surface area contributed by atoms with Crippen LogP contribution in [0.1, 0.15) is 33.0 Å². The molecule has 0 spiro atoms. The number of ketones is 1. The number of rotatable bonds is 2. The maximum Gasteiger partial charge on any atom is 0.237 e. The number of aryl methyl sites for hydroxylation is 2. The van der Waals surface area contributed by atoms with Gasteiger partial charge in [0.05, 0.1) is 11.5 Å². The lowest BCUT2D eigenvalue weighted by atomic mass is 10.2. The van der Waals surface area contributed by atoms with Gasteiger partial charge in [-0.25, -0.2) is 0 Å². The molecule has 0 fully saturated rings. The molecule has 15 heavy (non-hydrogen) atoms. The van der Waals surface area contributed by atoms with Crippen molar-refractivity contribution in [3.8, 4) is 0 Å². The quantitative estimate of drug-likeness (QED) is 0.716. The molecule has 2 aliphatic rings. The predicted molar refractivity (Wildman–Crippen MR) is 59.3 cm³/mol. The zero-order valence-corrected chi connectivity index (χ0v) is 9.23. The van der Waals surface area contributed by atoms with Crippen LogP contribution in [0.2, 0.25) is 0 Å². The van der Waals surface area contributed by atoms with Crippen LogP contribution in [0.4, 0.5) is 0 Å². The average molecular weight is 220 g/mol. The molecule has 0 saturated heterocycles. The van der Waals surface area contributed by atoms with Crippen LogP contribution in [-0.4, -0.2) is 12.4 Å². The lowest BCUT2D eigenvalue weighted by Gasteiger charge is -1.99. The number of hydrogen-bond acceptors (Lipinski definition) is 3. The molecule has 1 aromatic rings. The average Bonchev–Trinajstić information content (AvgIpc) is 2.92. The van der Waals surface area contributed by atoms with Crippen LogP contribution in [-0.2, 0) is 17.6 Å². The van der Waals surface area contributed by atoms with Crippen LogP contribution in [0.15, 0.2) is 17.9 Å². The monoisotopic (exact) mass is 220 g/mol. The fourth-order valence-corrected chi connectivity index (χ4v) is 3.34. The van der Waals surface area contributed by atoms with Gasteiger partial charge in [0.25, 0.3) is 0 Å². The summed E-state index contributed by atoms with van der Waals surface area (Å²) in [7, 11) is 0. The second-order valence-corrected chi connectivity index (χ2v) is 5.08. The van der Waals surface area contributed by atoms with Crippen LogP contribution in [0.5, 0.6) is 0 Å². The number of carbonyl (C=O) groups excluding carboxylic acids is 1. The summed E-state index contributed by atoms with van der Waals surface area (Å²) in [5.74, 6) is 0.627. The van der Waals surface area contributed by atoms with Gasteiger partial charge in [-0.1, -0.05) is 0 Å². The first-order valence-corrected chi connectivity index (χ1v) is 6.15. The predicted octanol–water partition coefficient (Wildman–Crippen LogP) is 2.72. The Balaban J connectivity index is 1.89. The fraction of sp³-hybridized carbons (Fsp3) is 0.417. The summed E-state index contributed by atoms with van der Waals surface area (Å²) < 4.78 is 5.29. The van der Waals surface area contributed by atoms with E-state index in [0.717, 1.165) is 24.1 Å². The molecule has 0 amide bonds. The second-order valence-electron chi connectivity index (χ2n) is 3.95. The molecule has 0 N–H and O–H groups in total. The largest absolute Gasteiger partial charge is 0.489 e. The molecule has 78 valence electrons. The topological polar surface area (TPSA) is 26.3 Å².